The van der Waals surface area contributed by atoms with Crippen molar-refractivity contribution >= 4 is 22.6 Å². The average molecular weight is 255 g/mol. The van der Waals surface area contributed by atoms with Gasteiger partial charge in [-0.05, 0) is 0 Å². The first kappa shape index (κ1) is 12.7. The molecule has 1 aromatic rings. The molecule has 0 aliphatic heterocycles. The lowest BCUT2D eigenvalue weighted by atomic mass is 10.4. The number of alkyl halides is 3. The Bertz CT molecular complexity index is 379. The summed E-state index contributed by atoms with van der Waals surface area (Å²) in [5.74, 6) is -2.22. The third-order valence-corrected chi connectivity index (χ3v) is 2.49. The summed E-state index contributed by atoms with van der Waals surface area (Å²) in [5, 5.41) is 8.45. The maximum absolute atomic E-state index is 12.1. The minimum Gasteiger partial charge on any atom is -0.481 e. The lowest BCUT2D eigenvalue weighted by Gasteiger charge is -2.12. The van der Waals surface area contributed by atoms with E-state index in [9.17, 15) is 18.0 Å². The van der Waals surface area contributed by atoms with Crippen LogP contribution >= 0.6 is 11.5 Å². The zero-order chi connectivity index (χ0) is 12.3. The van der Waals surface area contributed by atoms with E-state index in [2.05, 4.69) is 9.36 Å². The zero-order valence-electron chi connectivity index (χ0n) is 8.15. The van der Waals surface area contributed by atoms with Crippen molar-refractivity contribution < 1.29 is 23.1 Å². The Kier molecular flexibility index (Phi) is 3.68. The molecule has 0 amide bonds. The van der Waals surface area contributed by atoms with Gasteiger partial charge < -0.3 is 10.0 Å². The first-order chi connectivity index (χ1) is 7.30. The van der Waals surface area contributed by atoms with E-state index in [1.807, 2.05) is 0 Å². The van der Waals surface area contributed by atoms with Crippen molar-refractivity contribution in [1.29, 1.82) is 0 Å². The number of carboxylic acids is 1. The minimum atomic E-state index is -4.57. The fourth-order valence-corrected chi connectivity index (χ4v) is 1.52. The van der Waals surface area contributed by atoms with Gasteiger partial charge in [-0.3, -0.25) is 4.79 Å². The maximum Gasteiger partial charge on any atom is 0.452 e. The molecule has 0 aliphatic carbocycles. The van der Waals surface area contributed by atoms with Crippen molar-refractivity contribution in [2.45, 2.75) is 12.6 Å². The van der Waals surface area contributed by atoms with Crippen LogP contribution < -0.4 is 4.90 Å². The third-order valence-electron chi connectivity index (χ3n) is 1.66. The topological polar surface area (TPSA) is 66.3 Å². The molecule has 0 saturated heterocycles. The molecule has 0 unspecified atom stereocenters. The smallest absolute Gasteiger partial charge is 0.452 e. The molecular formula is C7H8F3N3O2S. The lowest BCUT2D eigenvalue weighted by Crippen LogP contribution is -2.21. The second-order valence-electron chi connectivity index (χ2n) is 2.96. The van der Waals surface area contributed by atoms with Crippen LogP contribution in [0.2, 0.25) is 0 Å². The van der Waals surface area contributed by atoms with E-state index in [4.69, 9.17) is 5.11 Å². The van der Waals surface area contributed by atoms with Gasteiger partial charge in [0.2, 0.25) is 11.0 Å². The normalized spacial score (nSPS) is 11.5. The number of hydrogen-bond acceptors (Lipinski definition) is 5. The molecule has 1 N–H and O–H groups in total. The molecule has 0 saturated carbocycles. The Morgan fingerprint density at radius 1 is 1.56 bits per heavy atom. The molecular weight excluding hydrogens is 247 g/mol. The van der Waals surface area contributed by atoms with Gasteiger partial charge in [0.05, 0.1) is 6.42 Å². The van der Waals surface area contributed by atoms with Gasteiger partial charge in [0.15, 0.2) is 0 Å². The van der Waals surface area contributed by atoms with Crippen molar-refractivity contribution in [2.75, 3.05) is 18.5 Å². The molecule has 9 heteroatoms. The molecule has 0 bridgehead atoms. The highest BCUT2D eigenvalue weighted by atomic mass is 32.1. The number of anilines is 1. The van der Waals surface area contributed by atoms with E-state index in [-0.39, 0.29) is 18.1 Å². The van der Waals surface area contributed by atoms with Crippen LogP contribution in [0, 0.1) is 0 Å². The Hall–Kier alpha value is -1.38. The number of aromatic nitrogens is 2. The summed E-state index contributed by atoms with van der Waals surface area (Å²) < 4.78 is 39.6. The Labute approximate surface area is 92.7 Å². The predicted octanol–water partition coefficient (Wildman–Crippen LogP) is 1.47. The second kappa shape index (κ2) is 4.64. The molecule has 5 nitrogen and oxygen atoms in total. The van der Waals surface area contributed by atoms with Gasteiger partial charge in [0.25, 0.3) is 0 Å². The van der Waals surface area contributed by atoms with Gasteiger partial charge >= 0.3 is 12.1 Å². The van der Waals surface area contributed by atoms with Crippen molar-refractivity contribution in [3.05, 3.63) is 5.82 Å². The quantitative estimate of drug-likeness (QED) is 0.882. The van der Waals surface area contributed by atoms with Crippen LogP contribution in [0.5, 0.6) is 0 Å². The Morgan fingerprint density at radius 3 is 2.62 bits per heavy atom. The second-order valence-corrected chi connectivity index (χ2v) is 3.69. The highest BCUT2D eigenvalue weighted by Crippen LogP contribution is 2.29. The summed E-state index contributed by atoms with van der Waals surface area (Å²) in [4.78, 5) is 14.9. The number of rotatable bonds is 4. The summed E-state index contributed by atoms with van der Waals surface area (Å²) in [6.07, 6.45) is -4.74. The molecule has 0 spiro atoms. The van der Waals surface area contributed by atoms with Crippen LogP contribution in [0.1, 0.15) is 12.2 Å². The van der Waals surface area contributed by atoms with E-state index in [1.165, 1.54) is 11.9 Å². The maximum atomic E-state index is 12.1. The number of hydrogen-bond donors (Lipinski definition) is 1. The lowest BCUT2D eigenvalue weighted by molar-refractivity contribution is -0.144. The van der Waals surface area contributed by atoms with Gasteiger partial charge in [0, 0.05) is 25.1 Å². The van der Waals surface area contributed by atoms with E-state index < -0.39 is 18.0 Å². The van der Waals surface area contributed by atoms with Crippen molar-refractivity contribution in [1.82, 2.24) is 9.36 Å². The number of carbonyl (C=O) groups is 1. The average Bonchev–Trinajstić information content (AvgIpc) is 2.61. The Morgan fingerprint density at radius 2 is 2.19 bits per heavy atom. The fourth-order valence-electron chi connectivity index (χ4n) is 0.845. The third kappa shape index (κ3) is 3.33. The molecule has 1 heterocycles. The van der Waals surface area contributed by atoms with Crippen molar-refractivity contribution in [3.63, 3.8) is 0 Å². The van der Waals surface area contributed by atoms with Crippen LogP contribution in [-0.4, -0.2) is 34.0 Å². The van der Waals surface area contributed by atoms with Gasteiger partial charge in [-0.2, -0.15) is 22.5 Å². The zero-order valence-corrected chi connectivity index (χ0v) is 8.97. The number of aliphatic carboxylic acids is 1. The van der Waals surface area contributed by atoms with E-state index in [1.54, 1.807) is 0 Å². The van der Waals surface area contributed by atoms with Crippen LogP contribution in [0.15, 0.2) is 0 Å². The van der Waals surface area contributed by atoms with E-state index >= 15 is 0 Å². The number of nitrogens with zero attached hydrogens (tertiary/aromatic N) is 3. The first-order valence-electron chi connectivity index (χ1n) is 4.14. The molecule has 1 rings (SSSR count). The van der Waals surface area contributed by atoms with E-state index in [0.717, 1.165) is 0 Å². The van der Waals surface area contributed by atoms with Gasteiger partial charge in [-0.1, -0.05) is 0 Å². The molecule has 1 aromatic heterocycles. The summed E-state index contributed by atoms with van der Waals surface area (Å²) >= 11 is 0.588. The van der Waals surface area contributed by atoms with Crippen LogP contribution in [0.4, 0.5) is 18.3 Å². The number of halogens is 3. The molecule has 0 aromatic carbocycles. The molecule has 0 aliphatic rings. The van der Waals surface area contributed by atoms with Crippen LogP contribution in [0.3, 0.4) is 0 Å². The Balaban J connectivity index is 2.67. The van der Waals surface area contributed by atoms with Crippen molar-refractivity contribution in [2.24, 2.45) is 0 Å². The minimum absolute atomic E-state index is 0.0496. The molecule has 0 fully saturated rings. The summed E-state index contributed by atoms with van der Waals surface area (Å²) in [7, 11) is 1.46. The van der Waals surface area contributed by atoms with Gasteiger partial charge in [-0.15, -0.1) is 0 Å². The highest BCUT2D eigenvalue weighted by Gasteiger charge is 2.36. The summed E-state index contributed by atoms with van der Waals surface area (Å²) in [6, 6.07) is 0. The molecule has 90 valence electrons. The fraction of sp³-hybridized carbons (Fsp3) is 0.571. The molecule has 0 radical (unpaired) electrons. The van der Waals surface area contributed by atoms with Gasteiger partial charge in [0.1, 0.15) is 0 Å². The molecule has 16 heavy (non-hydrogen) atoms. The van der Waals surface area contributed by atoms with Crippen molar-refractivity contribution in [3.8, 4) is 0 Å². The van der Waals surface area contributed by atoms with E-state index in [0.29, 0.717) is 11.5 Å². The standard InChI is InChI=1S/C7H8F3N3O2S/c1-13(3-2-4(14)15)6-11-5(12-16-6)7(8,9)10/h2-3H2,1H3,(H,14,15). The largest absolute Gasteiger partial charge is 0.481 e. The summed E-state index contributed by atoms with van der Waals surface area (Å²) in [5.41, 5.74) is 0. The SMILES string of the molecule is CN(CCC(=O)O)c1nc(C(F)(F)F)ns1. The highest BCUT2D eigenvalue weighted by molar-refractivity contribution is 7.09. The van der Waals surface area contributed by atoms with Gasteiger partial charge in [-0.25, -0.2) is 0 Å². The van der Waals surface area contributed by atoms with Crippen LogP contribution in [-0.2, 0) is 11.0 Å². The first-order valence-corrected chi connectivity index (χ1v) is 4.92. The summed E-state index contributed by atoms with van der Waals surface area (Å²) in [6.45, 7) is 0.0851. The van der Waals surface area contributed by atoms with Crippen LogP contribution in [0.25, 0.3) is 0 Å². The molecule has 0 atom stereocenters. The monoisotopic (exact) mass is 255 g/mol. The number of carboxylic acid groups (broad SMARTS) is 1. The predicted molar refractivity (Wildman–Crippen MR) is 50.4 cm³/mol.